The van der Waals surface area contributed by atoms with Gasteiger partial charge in [0.25, 0.3) is 0 Å². The maximum Gasteiger partial charge on any atom is 0.0991 e. The predicted octanol–water partition coefficient (Wildman–Crippen LogP) is 3.72. The van der Waals surface area contributed by atoms with E-state index in [9.17, 15) is 5.26 Å². The molecule has 2 heteroatoms. The van der Waals surface area contributed by atoms with Crippen molar-refractivity contribution in [3.05, 3.63) is 70.8 Å². The highest BCUT2D eigenvalue weighted by Crippen LogP contribution is 2.21. The van der Waals surface area contributed by atoms with Gasteiger partial charge >= 0.3 is 0 Å². The summed E-state index contributed by atoms with van der Waals surface area (Å²) in [6, 6.07) is 19.9. The van der Waals surface area contributed by atoms with Crippen molar-refractivity contribution >= 4 is 0 Å². The van der Waals surface area contributed by atoms with E-state index >= 15 is 0 Å². The molecule has 1 atom stereocenters. The molecule has 0 amide bonds. The first-order chi connectivity index (χ1) is 9.22. The van der Waals surface area contributed by atoms with Gasteiger partial charge in [-0.15, -0.1) is 0 Å². The molecule has 0 aliphatic heterocycles. The van der Waals surface area contributed by atoms with Gasteiger partial charge < -0.3 is 0 Å². The fraction of sp³-hybridized carbons (Fsp3) is 0.176. The zero-order valence-electron chi connectivity index (χ0n) is 10.8. The topological polar surface area (TPSA) is 47.6 Å². The summed E-state index contributed by atoms with van der Waals surface area (Å²) in [6.07, 6.45) is 0.697. The van der Waals surface area contributed by atoms with Crippen molar-refractivity contribution in [1.29, 1.82) is 10.5 Å². The van der Waals surface area contributed by atoms with Gasteiger partial charge in [-0.3, -0.25) is 0 Å². The van der Waals surface area contributed by atoms with Crippen LogP contribution in [0.4, 0.5) is 0 Å². The van der Waals surface area contributed by atoms with Crippen LogP contribution in [0.15, 0.2) is 48.5 Å². The highest BCUT2D eigenvalue weighted by molar-refractivity contribution is 5.36. The number of nitriles is 2. The minimum Gasteiger partial charge on any atom is -0.198 e. The first-order valence-electron chi connectivity index (χ1n) is 6.18. The summed E-state index contributed by atoms with van der Waals surface area (Å²) >= 11 is 0. The van der Waals surface area contributed by atoms with E-state index in [1.54, 1.807) is 12.1 Å². The van der Waals surface area contributed by atoms with Crippen LogP contribution in [-0.4, -0.2) is 0 Å². The van der Waals surface area contributed by atoms with Crippen LogP contribution in [0.25, 0.3) is 0 Å². The van der Waals surface area contributed by atoms with Gasteiger partial charge in [-0.25, -0.2) is 0 Å². The zero-order valence-corrected chi connectivity index (χ0v) is 10.8. The van der Waals surface area contributed by atoms with E-state index < -0.39 is 0 Å². The van der Waals surface area contributed by atoms with Crippen LogP contribution >= 0.6 is 0 Å². The Bertz CT molecular complexity index is 625. The maximum atomic E-state index is 9.31. The Morgan fingerprint density at radius 3 is 2.11 bits per heavy atom. The predicted molar refractivity (Wildman–Crippen MR) is 74.4 cm³/mol. The fourth-order valence-corrected chi connectivity index (χ4v) is 1.99. The number of rotatable bonds is 3. The highest BCUT2D eigenvalue weighted by atomic mass is 14.3. The van der Waals surface area contributed by atoms with Gasteiger partial charge in [0.05, 0.1) is 23.6 Å². The molecule has 92 valence electrons. The van der Waals surface area contributed by atoms with Crippen molar-refractivity contribution in [2.24, 2.45) is 0 Å². The van der Waals surface area contributed by atoms with Gasteiger partial charge in [0.15, 0.2) is 0 Å². The molecule has 2 aromatic carbocycles. The molecule has 2 aromatic rings. The summed E-state index contributed by atoms with van der Waals surface area (Å²) in [6.45, 7) is 2.05. The van der Waals surface area contributed by atoms with E-state index in [0.29, 0.717) is 12.0 Å². The van der Waals surface area contributed by atoms with Crippen molar-refractivity contribution in [3.63, 3.8) is 0 Å². The Morgan fingerprint density at radius 2 is 1.58 bits per heavy atom. The molecule has 0 saturated heterocycles. The molecule has 2 nitrogen and oxygen atoms in total. The number of hydrogen-bond donors (Lipinski definition) is 0. The maximum absolute atomic E-state index is 9.31. The fourth-order valence-electron chi connectivity index (χ4n) is 1.99. The summed E-state index contributed by atoms with van der Waals surface area (Å²) in [5.74, 6) is -0.171. The van der Waals surface area contributed by atoms with Crippen LogP contribution in [0.1, 0.15) is 28.2 Å². The molecule has 0 aliphatic rings. The smallest absolute Gasteiger partial charge is 0.0991 e. The Kier molecular flexibility index (Phi) is 3.96. The van der Waals surface area contributed by atoms with E-state index in [1.807, 2.05) is 19.1 Å². The molecule has 0 bridgehead atoms. The molecule has 0 spiro atoms. The molecule has 0 fully saturated rings. The van der Waals surface area contributed by atoms with Gasteiger partial charge in [-0.2, -0.15) is 10.5 Å². The van der Waals surface area contributed by atoms with Crippen molar-refractivity contribution in [2.45, 2.75) is 19.3 Å². The van der Waals surface area contributed by atoms with Crippen LogP contribution in [0.3, 0.4) is 0 Å². The van der Waals surface area contributed by atoms with Crippen LogP contribution < -0.4 is 0 Å². The average Bonchev–Trinajstić information content (AvgIpc) is 2.47. The van der Waals surface area contributed by atoms with Crippen LogP contribution in [0, 0.1) is 29.6 Å². The third kappa shape index (κ3) is 3.21. The zero-order chi connectivity index (χ0) is 13.7. The molecular weight excluding hydrogens is 232 g/mol. The number of nitrogens with zero attached hydrogens (tertiary/aromatic N) is 2. The molecule has 19 heavy (non-hydrogen) atoms. The van der Waals surface area contributed by atoms with Gasteiger partial charge in [0.2, 0.25) is 0 Å². The van der Waals surface area contributed by atoms with E-state index in [0.717, 1.165) is 11.1 Å². The van der Waals surface area contributed by atoms with Gasteiger partial charge in [0, 0.05) is 0 Å². The summed E-state index contributed by atoms with van der Waals surface area (Å²) in [5, 5.41) is 18.1. The standard InChI is InChI=1S/C17H14N2/c1-13-2-4-14(5-3-13)10-17(12-19)16-8-6-15(11-18)7-9-16/h2-9,17H,10H2,1H3. The lowest BCUT2D eigenvalue weighted by molar-refractivity contribution is 0.848. The lowest BCUT2D eigenvalue weighted by Gasteiger charge is -2.10. The largest absolute Gasteiger partial charge is 0.198 e. The lowest BCUT2D eigenvalue weighted by Crippen LogP contribution is -2.00. The minimum absolute atomic E-state index is 0.171. The van der Waals surface area contributed by atoms with Crippen molar-refractivity contribution in [3.8, 4) is 12.1 Å². The number of hydrogen-bond acceptors (Lipinski definition) is 2. The lowest BCUT2D eigenvalue weighted by atomic mass is 9.92. The van der Waals surface area contributed by atoms with E-state index in [4.69, 9.17) is 5.26 Å². The molecule has 1 unspecified atom stereocenters. The summed E-state index contributed by atoms with van der Waals surface area (Å²) in [4.78, 5) is 0. The Morgan fingerprint density at radius 1 is 0.947 bits per heavy atom. The second-order valence-corrected chi connectivity index (χ2v) is 4.61. The SMILES string of the molecule is Cc1ccc(CC(C#N)c2ccc(C#N)cc2)cc1. The third-order valence-corrected chi connectivity index (χ3v) is 3.16. The van der Waals surface area contributed by atoms with E-state index in [-0.39, 0.29) is 5.92 Å². The van der Waals surface area contributed by atoms with E-state index in [1.165, 1.54) is 5.56 Å². The Hall–Kier alpha value is -2.58. The second-order valence-electron chi connectivity index (χ2n) is 4.61. The normalized spacial score (nSPS) is 11.3. The van der Waals surface area contributed by atoms with Gasteiger partial charge in [-0.05, 0) is 36.6 Å². The molecule has 0 aliphatic carbocycles. The molecule has 0 saturated carbocycles. The Balaban J connectivity index is 2.18. The van der Waals surface area contributed by atoms with Crippen molar-refractivity contribution in [1.82, 2.24) is 0 Å². The van der Waals surface area contributed by atoms with E-state index in [2.05, 4.69) is 36.4 Å². The Labute approximate surface area is 113 Å². The van der Waals surface area contributed by atoms with Crippen molar-refractivity contribution < 1.29 is 0 Å². The molecule has 2 rings (SSSR count). The number of benzene rings is 2. The number of aryl methyl sites for hydroxylation is 1. The summed E-state index contributed by atoms with van der Waals surface area (Å²) in [7, 11) is 0. The first kappa shape index (κ1) is 12.9. The second kappa shape index (κ2) is 5.85. The van der Waals surface area contributed by atoms with Gasteiger partial charge in [0.1, 0.15) is 0 Å². The monoisotopic (exact) mass is 246 g/mol. The molecule has 0 aromatic heterocycles. The van der Waals surface area contributed by atoms with Crippen LogP contribution in [0.2, 0.25) is 0 Å². The van der Waals surface area contributed by atoms with Gasteiger partial charge in [-0.1, -0.05) is 42.0 Å². The molecule has 0 radical (unpaired) electrons. The van der Waals surface area contributed by atoms with Crippen LogP contribution in [-0.2, 0) is 6.42 Å². The highest BCUT2D eigenvalue weighted by Gasteiger charge is 2.11. The molecule has 0 heterocycles. The summed E-state index contributed by atoms with van der Waals surface area (Å²) < 4.78 is 0. The average molecular weight is 246 g/mol. The minimum atomic E-state index is -0.171. The molecule has 0 N–H and O–H groups in total. The summed E-state index contributed by atoms with van der Waals surface area (Å²) in [5.41, 5.74) is 3.95. The van der Waals surface area contributed by atoms with Crippen molar-refractivity contribution in [2.75, 3.05) is 0 Å². The molecular formula is C17H14N2. The quantitative estimate of drug-likeness (QED) is 0.828. The third-order valence-electron chi connectivity index (χ3n) is 3.16. The van der Waals surface area contributed by atoms with Crippen LogP contribution in [0.5, 0.6) is 0 Å². The first-order valence-corrected chi connectivity index (χ1v) is 6.18.